The van der Waals surface area contributed by atoms with Crippen molar-refractivity contribution in [3.63, 3.8) is 0 Å². The molecule has 3 aromatic rings. The van der Waals surface area contributed by atoms with Gasteiger partial charge in [0, 0.05) is 62.0 Å². The number of carbonyl (C=O) groups is 1. The molecule has 0 aliphatic carbocycles. The van der Waals surface area contributed by atoms with Gasteiger partial charge in [-0.3, -0.25) is 19.6 Å². The molecule has 0 saturated carbocycles. The van der Waals surface area contributed by atoms with E-state index in [-0.39, 0.29) is 32.2 Å². The average molecular weight is 614 g/mol. The van der Waals surface area contributed by atoms with Gasteiger partial charge in [-0.15, -0.1) is 0 Å². The third-order valence-electron chi connectivity index (χ3n) is 8.68. The maximum atomic E-state index is 16.4. The minimum atomic E-state index is -1.43. The zero-order chi connectivity index (χ0) is 31.3. The Morgan fingerprint density at radius 2 is 1.80 bits per heavy atom. The molecule has 1 aromatic heterocycles. The largest absolute Gasteiger partial charge is 0.497 e. The third-order valence-corrected chi connectivity index (χ3v) is 8.68. The number of fused-ring (bicyclic) bond motifs is 1. The average Bonchev–Trinajstić information content (AvgIpc) is 3.01. The van der Waals surface area contributed by atoms with Crippen LogP contribution < -0.4 is 4.74 Å². The summed E-state index contributed by atoms with van der Waals surface area (Å²) < 4.78 is 68.2. The fraction of sp³-hybridized carbons (Fsp3) is 0.455. The van der Waals surface area contributed by atoms with Gasteiger partial charge in [0.2, 0.25) is 0 Å². The molecular weight excluding hydrogens is 578 g/mol. The van der Waals surface area contributed by atoms with Gasteiger partial charge in [-0.25, -0.2) is 17.6 Å². The number of aliphatic carboxylic acids is 1. The van der Waals surface area contributed by atoms with Crippen LogP contribution in [0, 0.1) is 34.7 Å². The summed E-state index contributed by atoms with van der Waals surface area (Å²) in [6, 6.07) is 6.49. The smallest absolute Gasteiger partial charge is 0.309 e. The minimum absolute atomic E-state index is 0.0155. The van der Waals surface area contributed by atoms with Gasteiger partial charge in [-0.1, -0.05) is 11.8 Å². The van der Waals surface area contributed by atoms with E-state index in [1.54, 1.807) is 31.5 Å². The maximum Gasteiger partial charge on any atom is 0.309 e. The molecule has 2 fully saturated rings. The summed E-state index contributed by atoms with van der Waals surface area (Å²) in [5.74, 6) is 1.56. The van der Waals surface area contributed by atoms with Crippen LogP contribution in [0.1, 0.15) is 48.5 Å². The first-order chi connectivity index (χ1) is 21.2. The first kappa shape index (κ1) is 31.7. The number of benzene rings is 2. The molecular formula is C33H35F4N3O4. The lowest BCUT2D eigenvalue weighted by Crippen LogP contribution is -2.44. The lowest BCUT2D eigenvalue weighted by molar-refractivity contribution is -0.152. The first-order valence-electron chi connectivity index (χ1n) is 14.7. The topological polar surface area (TPSA) is 75.1 Å². The molecule has 0 bridgehead atoms. The van der Waals surface area contributed by atoms with Gasteiger partial charge in [0.15, 0.2) is 0 Å². The van der Waals surface area contributed by atoms with E-state index < -0.39 is 40.6 Å². The standard InChI is InChI=1S/C33H35F4N3O4/c1-43-24-4-5-30-26(19-24)31(22(20-38-30)21-40-13-15-44-16-14-40)27(35)6-7-33(32(41)42)8-11-39(12-9-33)10-2-3-25-28(36)17-23(34)18-29(25)37/h4-5,17-20,27H,6-16,21H2,1H3,(H,41,42)/t27-/m1/s1. The van der Waals surface area contributed by atoms with Gasteiger partial charge in [-0.2, -0.15) is 0 Å². The Morgan fingerprint density at radius 3 is 2.45 bits per heavy atom. The number of ether oxygens (including phenoxy) is 2. The zero-order valence-corrected chi connectivity index (χ0v) is 24.6. The molecule has 0 radical (unpaired) electrons. The molecule has 2 aromatic carbocycles. The molecule has 3 heterocycles. The normalized spacial score (nSPS) is 18.0. The number of nitrogens with zero attached hydrogens (tertiary/aromatic N) is 3. The second-order valence-electron chi connectivity index (χ2n) is 11.4. The third kappa shape index (κ3) is 7.15. The molecule has 234 valence electrons. The second-order valence-corrected chi connectivity index (χ2v) is 11.4. The Labute approximate surface area is 253 Å². The molecule has 2 aliphatic rings. The quantitative estimate of drug-likeness (QED) is 0.252. The summed E-state index contributed by atoms with van der Waals surface area (Å²) in [6.45, 7) is 4.08. The molecule has 0 unspecified atom stereocenters. The van der Waals surface area contributed by atoms with Gasteiger partial charge in [0.1, 0.15) is 29.4 Å². The van der Waals surface area contributed by atoms with Crippen LogP contribution in [-0.4, -0.2) is 78.9 Å². The minimum Gasteiger partial charge on any atom is -0.497 e. The van der Waals surface area contributed by atoms with Crippen molar-refractivity contribution in [1.29, 1.82) is 0 Å². The van der Waals surface area contributed by atoms with Gasteiger partial charge < -0.3 is 14.6 Å². The highest BCUT2D eigenvalue weighted by atomic mass is 19.1. The number of methoxy groups -OCH3 is 1. The van der Waals surface area contributed by atoms with E-state index in [0.29, 0.717) is 67.2 Å². The number of hydrogen-bond donors (Lipinski definition) is 1. The van der Waals surface area contributed by atoms with E-state index in [0.717, 1.165) is 18.7 Å². The lowest BCUT2D eigenvalue weighted by Gasteiger charge is -2.38. The number of likely N-dealkylation sites (tertiary alicyclic amines) is 1. The molecule has 11 heteroatoms. The van der Waals surface area contributed by atoms with E-state index in [2.05, 4.69) is 21.7 Å². The number of pyridine rings is 1. The van der Waals surface area contributed by atoms with Gasteiger partial charge in [-0.05, 0) is 49.4 Å². The number of halogens is 4. The van der Waals surface area contributed by atoms with E-state index in [1.165, 1.54) is 0 Å². The molecule has 1 atom stereocenters. The van der Waals surface area contributed by atoms with E-state index in [1.807, 2.05) is 4.90 Å². The summed E-state index contributed by atoms with van der Waals surface area (Å²) in [7, 11) is 1.55. The van der Waals surface area contributed by atoms with E-state index in [4.69, 9.17) is 9.47 Å². The number of carboxylic acids is 1. The van der Waals surface area contributed by atoms with Crippen molar-refractivity contribution < 1.29 is 36.9 Å². The van der Waals surface area contributed by atoms with Crippen molar-refractivity contribution in [1.82, 2.24) is 14.8 Å². The first-order valence-corrected chi connectivity index (χ1v) is 14.7. The van der Waals surface area contributed by atoms with Crippen molar-refractivity contribution in [3.8, 4) is 17.6 Å². The highest BCUT2D eigenvalue weighted by Crippen LogP contribution is 2.41. The number of hydrogen-bond acceptors (Lipinski definition) is 6. The summed E-state index contributed by atoms with van der Waals surface area (Å²) in [5, 5.41) is 10.9. The molecule has 0 amide bonds. The Kier molecular flexibility index (Phi) is 10.0. The number of aromatic nitrogens is 1. The lowest BCUT2D eigenvalue weighted by atomic mass is 9.74. The zero-order valence-electron chi connectivity index (χ0n) is 24.6. The number of carboxylic acid groups (broad SMARTS) is 1. The Balaban J connectivity index is 1.29. The van der Waals surface area contributed by atoms with Crippen molar-refractivity contribution in [3.05, 3.63) is 70.7 Å². The molecule has 1 N–H and O–H groups in total. The second kappa shape index (κ2) is 13.9. The number of alkyl halides is 1. The van der Waals surface area contributed by atoms with Gasteiger partial charge in [0.25, 0.3) is 0 Å². The maximum absolute atomic E-state index is 16.4. The predicted molar refractivity (Wildman–Crippen MR) is 156 cm³/mol. The van der Waals surface area contributed by atoms with Crippen LogP contribution >= 0.6 is 0 Å². The van der Waals surface area contributed by atoms with Crippen LogP contribution in [0.5, 0.6) is 5.75 Å². The van der Waals surface area contributed by atoms with Crippen molar-refractivity contribution in [2.45, 2.75) is 38.4 Å². The van der Waals surface area contributed by atoms with Crippen LogP contribution in [0.15, 0.2) is 36.5 Å². The fourth-order valence-electron chi connectivity index (χ4n) is 6.02. The molecule has 44 heavy (non-hydrogen) atoms. The van der Waals surface area contributed by atoms with Crippen LogP contribution in [0.2, 0.25) is 0 Å². The van der Waals surface area contributed by atoms with E-state index in [9.17, 15) is 23.1 Å². The fourth-order valence-corrected chi connectivity index (χ4v) is 6.02. The van der Waals surface area contributed by atoms with Gasteiger partial charge in [0.05, 0.1) is 43.4 Å². The van der Waals surface area contributed by atoms with Crippen LogP contribution in [0.25, 0.3) is 10.9 Å². The summed E-state index contributed by atoms with van der Waals surface area (Å²) >= 11 is 0. The van der Waals surface area contributed by atoms with Crippen LogP contribution in [0.3, 0.4) is 0 Å². The van der Waals surface area contributed by atoms with E-state index >= 15 is 4.39 Å². The highest BCUT2D eigenvalue weighted by Gasteiger charge is 2.42. The SMILES string of the molecule is COc1ccc2ncc(CN3CCOCC3)c([C@H](F)CCC3(C(=O)O)CCN(CC#Cc4c(F)cc(F)cc4F)CC3)c2c1. The molecule has 2 saturated heterocycles. The number of piperidine rings is 1. The van der Waals surface area contributed by atoms with Crippen LogP contribution in [-0.2, 0) is 16.1 Å². The summed E-state index contributed by atoms with van der Waals surface area (Å²) in [6.07, 6.45) is 0.997. The summed E-state index contributed by atoms with van der Waals surface area (Å²) in [4.78, 5) is 21.2. The monoisotopic (exact) mass is 613 g/mol. The summed E-state index contributed by atoms with van der Waals surface area (Å²) in [5.41, 5.74) is 0.276. The molecule has 5 rings (SSSR count). The van der Waals surface area contributed by atoms with Gasteiger partial charge >= 0.3 is 5.97 Å². The van der Waals surface area contributed by atoms with Crippen molar-refractivity contribution in [2.75, 3.05) is 53.0 Å². The molecule has 0 spiro atoms. The van der Waals surface area contributed by atoms with Crippen LogP contribution in [0.4, 0.5) is 17.6 Å². The van der Waals surface area contributed by atoms with Crippen molar-refractivity contribution >= 4 is 16.9 Å². The predicted octanol–water partition coefficient (Wildman–Crippen LogP) is 5.50. The Morgan fingerprint density at radius 1 is 1.09 bits per heavy atom. The number of morpholine rings is 1. The molecule has 2 aliphatic heterocycles. The number of rotatable bonds is 9. The highest BCUT2D eigenvalue weighted by molar-refractivity contribution is 5.85. The Bertz CT molecular complexity index is 1540. The van der Waals surface area contributed by atoms with Crippen molar-refractivity contribution in [2.24, 2.45) is 5.41 Å². The Hall–Kier alpha value is -3.72. The molecule has 7 nitrogen and oxygen atoms in total.